The van der Waals surface area contributed by atoms with Crippen LogP contribution >= 0.6 is 0 Å². The number of halogens is 1. The maximum atomic E-state index is 13.5. The fourth-order valence-corrected chi connectivity index (χ4v) is 1.58. The predicted octanol–water partition coefficient (Wildman–Crippen LogP) is 2.17. The zero-order chi connectivity index (χ0) is 12.1. The molecular formula is C13H14FN3. The van der Waals surface area contributed by atoms with Crippen LogP contribution in [0.2, 0.25) is 0 Å². The van der Waals surface area contributed by atoms with Gasteiger partial charge in [-0.25, -0.2) is 14.4 Å². The van der Waals surface area contributed by atoms with Gasteiger partial charge in [0, 0.05) is 29.9 Å². The highest BCUT2D eigenvalue weighted by Crippen LogP contribution is 2.20. The lowest BCUT2D eigenvalue weighted by molar-refractivity contribution is 0.631. The van der Waals surface area contributed by atoms with Gasteiger partial charge in [-0.2, -0.15) is 0 Å². The molecule has 0 saturated carbocycles. The van der Waals surface area contributed by atoms with Gasteiger partial charge in [0.25, 0.3) is 0 Å². The van der Waals surface area contributed by atoms with Crippen molar-refractivity contribution in [3.8, 4) is 11.1 Å². The highest BCUT2D eigenvalue weighted by molar-refractivity contribution is 5.61. The molecule has 0 fully saturated rings. The quantitative estimate of drug-likeness (QED) is 0.877. The third kappa shape index (κ3) is 2.85. The molecule has 1 aromatic heterocycles. The van der Waals surface area contributed by atoms with E-state index in [2.05, 4.69) is 9.97 Å². The number of hydrogen-bond donors (Lipinski definition) is 1. The fourth-order valence-electron chi connectivity index (χ4n) is 1.58. The number of hydrogen-bond acceptors (Lipinski definition) is 3. The van der Waals surface area contributed by atoms with Gasteiger partial charge in [-0.05, 0) is 19.0 Å². The van der Waals surface area contributed by atoms with E-state index in [0.29, 0.717) is 17.7 Å². The second kappa shape index (κ2) is 5.50. The molecule has 1 heterocycles. The summed E-state index contributed by atoms with van der Waals surface area (Å²) in [7, 11) is 0. The lowest BCUT2D eigenvalue weighted by Crippen LogP contribution is -2.03. The minimum atomic E-state index is -0.259. The average Bonchev–Trinajstić information content (AvgIpc) is 2.38. The Morgan fingerprint density at radius 2 is 1.82 bits per heavy atom. The van der Waals surface area contributed by atoms with E-state index in [1.807, 2.05) is 0 Å². The molecular weight excluding hydrogens is 217 g/mol. The number of aromatic nitrogens is 2. The van der Waals surface area contributed by atoms with Crippen molar-refractivity contribution in [3.63, 3.8) is 0 Å². The highest BCUT2D eigenvalue weighted by Gasteiger charge is 2.05. The van der Waals surface area contributed by atoms with Crippen molar-refractivity contribution in [3.05, 3.63) is 48.3 Å². The molecule has 2 aromatic rings. The molecule has 0 aliphatic carbocycles. The highest BCUT2D eigenvalue weighted by atomic mass is 19.1. The molecule has 0 saturated heterocycles. The Morgan fingerprint density at radius 1 is 1.12 bits per heavy atom. The van der Waals surface area contributed by atoms with E-state index in [-0.39, 0.29) is 5.82 Å². The minimum Gasteiger partial charge on any atom is -0.330 e. The van der Waals surface area contributed by atoms with E-state index < -0.39 is 0 Å². The lowest BCUT2D eigenvalue weighted by atomic mass is 10.1. The SMILES string of the molecule is NCCCc1ncc(-c2ccccc2F)cn1. The Kier molecular flexibility index (Phi) is 3.77. The first-order chi connectivity index (χ1) is 8.31. The van der Waals surface area contributed by atoms with Crippen molar-refractivity contribution in [1.82, 2.24) is 9.97 Å². The summed E-state index contributed by atoms with van der Waals surface area (Å²) in [5.74, 6) is 0.487. The van der Waals surface area contributed by atoms with Crippen molar-refractivity contribution < 1.29 is 4.39 Å². The second-order valence-corrected chi connectivity index (χ2v) is 3.76. The van der Waals surface area contributed by atoms with Gasteiger partial charge >= 0.3 is 0 Å². The Bertz CT molecular complexity index is 482. The topological polar surface area (TPSA) is 51.8 Å². The van der Waals surface area contributed by atoms with Gasteiger partial charge in [-0.3, -0.25) is 0 Å². The van der Waals surface area contributed by atoms with Crippen LogP contribution in [0.1, 0.15) is 12.2 Å². The second-order valence-electron chi connectivity index (χ2n) is 3.76. The summed E-state index contributed by atoms with van der Waals surface area (Å²) in [5.41, 5.74) is 6.63. The normalized spacial score (nSPS) is 10.5. The standard InChI is InChI=1S/C13H14FN3/c14-12-5-2-1-4-11(12)10-8-16-13(17-9-10)6-3-7-15/h1-2,4-5,8-9H,3,6-7,15H2. The minimum absolute atomic E-state index is 0.259. The monoisotopic (exact) mass is 231 g/mol. The van der Waals surface area contributed by atoms with Crippen LogP contribution in [0.15, 0.2) is 36.7 Å². The maximum Gasteiger partial charge on any atom is 0.131 e. The van der Waals surface area contributed by atoms with Crippen LogP contribution in [0, 0.1) is 5.82 Å². The Balaban J connectivity index is 2.21. The molecule has 4 heteroatoms. The average molecular weight is 231 g/mol. The number of nitrogens with two attached hydrogens (primary N) is 1. The fraction of sp³-hybridized carbons (Fsp3) is 0.231. The van der Waals surface area contributed by atoms with Gasteiger partial charge in [0.2, 0.25) is 0 Å². The summed E-state index contributed by atoms with van der Waals surface area (Å²) in [6.45, 7) is 0.623. The molecule has 17 heavy (non-hydrogen) atoms. The van der Waals surface area contributed by atoms with Crippen LogP contribution in [-0.4, -0.2) is 16.5 Å². The Labute approximate surface area is 99.5 Å². The summed E-state index contributed by atoms with van der Waals surface area (Å²) in [4.78, 5) is 8.40. The van der Waals surface area contributed by atoms with Crippen LogP contribution in [-0.2, 0) is 6.42 Å². The Hall–Kier alpha value is -1.81. The number of rotatable bonds is 4. The first-order valence-corrected chi connectivity index (χ1v) is 5.57. The molecule has 88 valence electrons. The summed E-state index contributed by atoms with van der Waals surface area (Å²) >= 11 is 0. The Morgan fingerprint density at radius 3 is 2.47 bits per heavy atom. The summed E-state index contributed by atoms with van der Waals surface area (Å²) in [6.07, 6.45) is 4.92. The van der Waals surface area contributed by atoms with Crippen LogP contribution in [0.25, 0.3) is 11.1 Å². The van der Waals surface area contributed by atoms with Crippen molar-refractivity contribution in [2.45, 2.75) is 12.8 Å². The lowest BCUT2D eigenvalue weighted by Gasteiger charge is -2.03. The smallest absolute Gasteiger partial charge is 0.131 e. The zero-order valence-corrected chi connectivity index (χ0v) is 9.44. The largest absolute Gasteiger partial charge is 0.330 e. The third-order valence-electron chi connectivity index (χ3n) is 2.49. The van der Waals surface area contributed by atoms with Crippen molar-refractivity contribution in [1.29, 1.82) is 0 Å². The van der Waals surface area contributed by atoms with E-state index in [4.69, 9.17) is 5.73 Å². The molecule has 0 unspecified atom stereocenters. The van der Waals surface area contributed by atoms with Crippen LogP contribution in [0.3, 0.4) is 0 Å². The van der Waals surface area contributed by atoms with E-state index in [1.54, 1.807) is 30.6 Å². The molecule has 0 radical (unpaired) electrons. The zero-order valence-electron chi connectivity index (χ0n) is 9.44. The molecule has 0 spiro atoms. The van der Waals surface area contributed by atoms with Gasteiger partial charge in [0.15, 0.2) is 0 Å². The van der Waals surface area contributed by atoms with Gasteiger partial charge in [-0.15, -0.1) is 0 Å². The predicted molar refractivity (Wildman–Crippen MR) is 64.8 cm³/mol. The van der Waals surface area contributed by atoms with Gasteiger partial charge in [0.05, 0.1) is 0 Å². The van der Waals surface area contributed by atoms with Crippen LogP contribution in [0.5, 0.6) is 0 Å². The van der Waals surface area contributed by atoms with Gasteiger partial charge in [0.1, 0.15) is 11.6 Å². The van der Waals surface area contributed by atoms with E-state index in [9.17, 15) is 4.39 Å². The van der Waals surface area contributed by atoms with Crippen molar-refractivity contribution in [2.75, 3.05) is 6.54 Å². The molecule has 1 aromatic carbocycles. The van der Waals surface area contributed by atoms with E-state index in [0.717, 1.165) is 18.7 Å². The number of nitrogens with zero attached hydrogens (tertiary/aromatic N) is 2. The molecule has 0 aliphatic heterocycles. The molecule has 0 aliphatic rings. The summed E-state index contributed by atoms with van der Waals surface area (Å²) in [6, 6.07) is 6.60. The molecule has 0 bridgehead atoms. The number of aryl methyl sites for hydroxylation is 1. The third-order valence-corrected chi connectivity index (χ3v) is 2.49. The first-order valence-electron chi connectivity index (χ1n) is 5.57. The first kappa shape index (κ1) is 11.7. The molecule has 0 amide bonds. The summed E-state index contributed by atoms with van der Waals surface area (Å²) in [5, 5.41) is 0. The van der Waals surface area contributed by atoms with Crippen molar-refractivity contribution in [2.24, 2.45) is 5.73 Å². The van der Waals surface area contributed by atoms with Gasteiger partial charge < -0.3 is 5.73 Å². The molecule has 3 nitrogen and oxygen atoms in total. The summed E-state index contributed by atoms with van der Waals surface area (Å²) < 4.78 is 13.5. The number of benzene rings is 1. The van der Waals surface area contributed by atoms with Gasteiger partial charge in [-0.1, -0.05) is 18.2 Å². The van der Waals surface area contributed by atoms with E-state index >= 15 is 0 Å². The molecule has 0 atom stereocenters. The maximum absolute atomic E-state index is 13.5. The van der Waals surface area contributed by atoms with Crippen molar-refractivity contribution >= 4 is 0 Å². The molecule has 2 rings (SSSR count). The van der Waals surface area contributed by atoms with Crippen LogP contribution < -0.4 is 5.73 Å². The molecule has 2 N–H and O–H groups in total. The van der Waals surface area contributed by atoms with E-state index in [1.165, 1.54) is 6.07 Å². The van der Waals surface area contributed by atoms with Crippen LogP contribution in [0.4, 0.5) is 4.39 Å².